The van der Waals surface area contributed by atoms with Crippen molar-refractivity contribution in [2.24, 2.45) is 0 Å². The SMILES string of the molecule is OC(COc1ccc(Cl)cc1)C1CCCc2cccnc21. The topological polar surface area (TPSA) is 42.4 Å². The first-order valence-electron chi connectivity index (χ1n) is 7.24. The lowest BCUT2D eigenvalue weighted by Gasteiger charge is -2.28. The second-order valence-electron chi connectivity index (χ2n) is 5.38. The molecule has 1 aliphatic rings. The van der Waals surface area contributed by atoms with Crippen molar-refractivity contribution in [2.75, 3.05) is 6.61 Å². The fourth-order valence-electron chi connectivity index (χ4n) is 2.85. The van der Waals surface area contributed by atoms with Crippen molar-refractivity contribution in [3.8, 4) is 5.75 Å². The fraction of sp³-hybridized carbons (Fsp3) is 0.353. The van der Waals surface area contributed by atoms with Gasteiger partial charge in [0, 0.05) is 22.8 Å². The molecule has 2 aromatic rings. The standard InChI is InChI=1S/C17H18ClNO2/c18-13-6-8-14(9-7-13)21-11-16(20)15-5-1-3-12-4-2-10-19-17(12)15/h2,4,6-10,15-16,20H,1,3,5,11H2. The Morgan fingerprint density at radius 2 is 2.10 bits per heavy atom. The third-order valence-corrected chi connectivity index (χ3v) is 4.19. The highest BCUT2D eigenvalue weighted by molar-refractivity contribution is 6.30. The average Bonchev–Trinajstić information content (AvgIpc) is 2.53. The number of rotatable bonds is 4. The smallest absolute Gasteiger partial charge is 0.119 e. The highest BCUT2D eigenvalue weighted by Crippen LogP contribution is 2.32. The number of pyridine rings is 1. The molecule has 1 aromatic heterocycles. The first-order valence-corrected chi connectivity index (χ1v) is 7.62. The number of nitrogens with zero attached hydrogens (tertiary/aromatic N) is 1. The molecule has 21 heavy (non-hydrogen) atoms. The van der Waals surface area contributed by atoms with Crippen LogP contribution in [0.15, 0.2) is 42.6 Å². The highest BCUT2D eigenvalue weighted by Gasteiger charge is 2.28. The van der Waals surface area contributed by atoms with Crippen molar-refractivity contribution in [3.05, 3.63) is 58.9 Å². The van der Waals surface area contributed by atoms with Gasteiger partial charge in [0.15, 0.2) is 0 Å². The molecule has 110 valence electrons. The molecule has 0 radical (unpaired) electrons. The van der Waals surface area contributed by atoms with E-state index in [0.717, 1.165) is 30.7 Å². The lowest BCUT2D eigenvalue weighted by molar-refractivity contribution is 0.0767. The molecule has 0 aliphatic heterocycles. The molecule has 1 aromatic carbocycles. The normalized spacial score (nSPS) is 18.9. The number of ether oxygens (including phenoxy) is 1. The predicted molar refractivity (Wildman–Crippen MR) is 82.9 cm³/mol. The van der Waals surface area contributed by atoms with Crippen LogP contribution in [0.25, 0.3) is 0 Å². The van der Waals surface area contributed by atoms with E-state index in [0.29, 0.717) is 5.02 Å². The summed E-state index contributed by atoms with van der Waals surface area (Å²) in [5.74, 6) is 0.776. The summed E-state index contributed by atoms with van der Waals surface area (Å²) in [5, 5.41) is 11.1. The van der Waals surface area contributed by atoms with Crippen molar-refractivity contribution in [1.29, 1.82) is 0 Å². The van der Waals surface area contributed by atoms with Gasteiger partial charge in [-0.25, -0.2) is 0 Å². The Labute approximate surface area is 129 Å². The maximum absolute atomic E-state index is 10.4. The number of aromatic nitrogens is 1. The molecule has 3 rings (SSSR count). The Bertz CT molecular complexity index is 600. The van der Waals surface area contributed by atoms with Crippen LogP contribution in [0.5, 0.6) is 5.75 Å². The Kier molecular flexibility index (Phi) is 4.42. The van der Waals surface area contributed by atoms with Crippen LogP contribution in [0.4, 0.5) is 0 Å². The summed E-state index contributed by atoms with van der Waals surface area (Å²) in [6.45, 7) is 0.266. The van der Waals surface area contributed by atoms with Crippen LogP contribution >= 0.6 is 11.6 Å². The summed E-state index contributed by atoms with van der Waals surface area (Å²) in [4.78, 5) is 4.46. The van der Waals surface area contributed by atoms with E-state index in [4.69, 9.17) is 16.3 Å². The largest absolute Gasteiger partial charge is 0.491 e. The molecule has 0 saturated carbocycles. The quantitative estimate of drug-likeness (QED) is 0.938. The molecule has 3 nitrogen and oxygen atoms in total. The van der Waals surface area contributed by atoms with Gasteiger partial charge in [-0.15, -0.1) is 0 Å². The van der Waals surface area contributed by atoms with Crippen LogP contribution in [-0.2, 0) is 6.42 Å². The van der Waals surface area contributed by atoms with E-state index in [9.17, 15) is 5.11 Å². The summed E-state index contributed by atoms with van der Waals surface area (Å²) >= 11 is 5.84. The van der Waals surface area contributed by atoms with Crippen molar-refractivity contribution in [3.63, 3.8) is 0 Å². The van der Waals surface area contributed by atoms with E-state index < -0.39 is 6.10 Å². The Morgan fingerprint density at radius 3 is 2.90 bits per heavy atom. The minimum Gasteiger partial charge on any atom is -0.491 e. The van der Waals surface area contributed by atoms with Crippen LogP contribution in [0.2, 0.25) is 5.02 Å². The zero-order chi connectivity index (χ0) is 14.7. The first kappa shape index (κ1) is 14.4. The highest BCUT2D eigenvalue weighted by atomic mass is 35.5. The second-order valence-corrected chi connectivity index (χ2v) is 5.82. The second kappa shape index (κ2) is 6.46. The van der Waals surface area contributed by atoms with Gasteiger partial charge in [0.2, 0.25) is 0 Å². The average molecular weight is 304 g/mol. The summed E-state index contributed by atoms with van der Waals surface area (Å²) in [5.41, 5.74) is 2.27. The van der Waals surface area contributed by atoms with Gasteiger partial charge < -0.3 is 9.84 Å². The van der Waals surface area contributed by atoms with Crippen LogP contribution in [0, 0.1) is 0 Å². The molecule has 2 unspecified atom stereocenters. The maximum Gasteiger partial charge on any atom is 0.119 e. The van der Waals surface area contributed by atoms with E-state index in [1.165, 1.54) is 5.56 Å². The zero-order valence-corrected chi connectivity index (χ0v) is 12.5. The molecule has 0 bridgehead atoms. The molecule has 0 spiro atoms. The Hall–Kier alpha value is -1.58. The van der Waals surface area contributed by atoms with E-state index in [2.05, 4.69) is 11.1 Å². The zero-order valence-electron chi connectivity index (χ0n) is 11.7. The molecule has 1 heterocycles. The van der Waals surface area contributed by atoms with Crippen molar-refractivity contribution in [1.82, 2.24) is 4.98 Å². The van der Waals surface area contributed by atoms with Crippen molar-refractivity contribution < 1.29 is 9.84 Å². The van der Waals surface area contributed by atoms with E-state index in [1.807, 2.05) is 18.2 Å². The van der Waals surface area contributed by atoms with Crippen LogP contribution in [0.3, 0.4) is 0 Å². The third kappa shape index (κ3) is 3.36. The number of hydrogen-bond acceptors (Lipinski definition) is 3. The number of halogens is 1. The van der Waals surface area contributed by atoms with Crippen LogP contribution in [0.1, 0.15) is 30.0 Å². The molecule has 1 aliphatic carbocycles. The molecule has 0 saturated heterocycles. The van der Waals surface area contributed by atoms with Crippen LogP contribution < -0.4 is 4.74 Å². The number of fused-ring (bicyclic) bond motifs is 1. The monoisotopic (exact) mass is 303 g/mol. The van der Waals surface area contributed by atoms with E-state index in [-0.39, 0.29) is 12.5 Å². The van der Waals surface area contributed by atoms with E-state index >= 15 is 0 Å². The van der Waals surface area contributed by atoms with Crippen molar-refractivity contribution in [2.45, 2.75) is 31.3 Å². The molecule has 1 N–H and O–H groups in total. The van der Waals surface area contributed by atoms with E-state index in [1.54, 1.807) is 18.3 Å². The number of aliphatic hydroxyl groups is 1. The number of aliphatic hydroxyl groups excluding tert-OH is 1. The summed E-state index contributed by atoms with van der Waals surface area (Å²) in [6, 6.07) is 11.2. The first-order chi connectivity index (χ1) is 10.2. The van der Waals surface area contributed by atoms with Gasteiger partial charge in [0.25, 0.3) is 0 Å². The minimum absolute atomic E-state index is 0.0576. The van der Waals surface area contributed by atoms with Gasteiger partial charge in [-0.05, 0) is 55.2 Å². The summed E-state index contributed by atoms with van der Waals surface area (Å²) in [7, 11) is 0. The Balaban J connectivity index is 1.66. The number of benzene rings is 1. The summed E-state index contributed by atoms with van der Waals surface area (Å²) in [6.07, 6.45) is 4.33. The summed E-state index contributed by atoms with van der Waals surface area (Å²) < 4.78 is 5.65. The van der Waals surface area contributed by atoms with Gasteiger partial charge in [-0.1, -0.05) is 17.7 Å². The number of hydrogen-bond donors (Lipinski definition) is 1. The molecule has 0 amide bonds. The molecule has 4 heteroatoms. The van der Waals surface area contributed by atoms with Crippen molar-refractivity contribution >= 4 is 11.6 Å². The minimum atomic E-state index is -0.547. The predicted octanol–water partition coefficient (Wildman–Crippen LogP) is 3.59. The van der Waals surface area contributed by atoms with Gasteiger partial charge in [0.1, 0.15) is 12.4 Å². The molecule has 2 atom stereocenters. The fourth-order valence-corrected chi connectivity index (χ4v) is 2.97. The van der Waals surface area contributed by atoms with Gasteiger partial charge >= 0.3 is 0 Å². The Morgan fingerprint density at radius 1 is 1.29 bits per heavy atom. The maximum atomic E-state index is 10.4. The van der Waals surface area contributed by atoms with Crippen LogP contribution in [-0.4, -0.2) is 22.8 Å². The van der Waals surface area contributed by atoms with Gasteiger partial charge in [-0.3, -0.25) is 4.98 Å². The molecular weight excluding hydrogens is 286 g/mol. The molecular formula is C17H18ClNO2. The molecule has 0 fully saturated rings. The lowest BCUT2D eigenvalue weighted by Crippen LogP contribution is -2.29. The van der Waals surface area contributed by atoms with Gasteiger partial charge in [0.05, 0.1) is 6.10 Å². The number of aryl methyl sites for hydroxylation is 1. The third-order valence-electron chi connectivity index (χ3n) is 3.94. The lowest BCUT2D eigenvalue weighted by atomic mass is 9.83. The van der Waals surface area contributed by atoms with Gasteiger partial charge in [-0.2, -0.15) is 0 Å².